The maximum Gasteiger partial charge on any atom is 0.252 e. The van der Waals surface area contributed by atoms with Crippen molar-refractivity contribution in [1.29, 1.82) is 0 Å². The summed E-state index contributed by atoms with van der Waals surface area (Å²) in [6.07, 6.45) is 1.91. The van der Waals surface area contributed by atoms with Crippen LogP contribution in [0.5, 0.6) is 0 Å². The van der Waals surface area contributed by atoms with Crippen molar-refractivity contribution < 1.29 is 9.59 Å². The van der Waals surface area contributed by atoms with Crippen LogP contribution in [0, 0.1) is 6.92 Å². The lowest BCUT2D eigenvalue weighted by atomic mass is 10.2. The lowest BCUT2D eigenvalue weighted by Gasteiger charge is -2.14. The monoisotopic (exact) mass is 233 g/mol. The molecule has 5 heteroatoms. The molecule has 1 atom stereocenters. The number of carbonyl (C=O) groups excluding carboxylic acids is 2. The Labute approximate surface area is 99.8 Å². The summed E-state index contributed by atoms with van der Waals surface area (Å²) in [6.45, 7) is 4.12. The van der Waals surface area contributed by atoms with Crippen LogP contribution in [0.25, 0.3) is 0 Å². The molecule has 5 nitrogen and oxygen atoms in total. The second-order valence-corrected chi connectivity index (χ2v) is 4.06. The number of nitrogens with one attached hydrogen (secondary N) is 1. The normalized spacial score (nSPS) is 19.9. The van der Waals surface area contributed by atoms with Gasteiger partial charge in [0.2, 0.25) is 5.91 Å². The molecule has 0 bridgehead atoms. The Morgan fingerprint density at radius 1 is 1.53 bits per heavy atom. The molecule has 1 aliphatic heterocycles. The smallest absolute Gasteiger partial charge is 0.252 e. The quantitative estimate of drug-likeness (QED) is 0.789. The fraction of sp³-hybridized carbons (Fsp3) is 0.417. The number of imide groups is 1. The zero-order chi connectivity index (χ0) is 12.4. The fourth-order valence-corrected chi connectivity index (χ4v) is 1.96. The first-order valence-corrected chi connectivity index (χ1v) is 5.65. The summed E-state index contributed by atoms with van der Waals surface area (Å²) in [6, 6.07) is 3.20. The molecule has 1 aromatic rings. The number of likely N-dealkylation sites (N-methyl/N-ethyl adjacent to an activating group) is 1. The number of aryl methyl sites for hydroxylation is 1. The summed E-state index contributed by atoms with van der Waals surface area (Å²) in [5.74, 6) is -0.257. The lowest BCUT2D eigenvalue weighted by molar-refractivity contribution is -0.138. The Kier molecular flexibility index (Phi) is 3.08. The van der Waals surface area contributed by atoms with E-state index in [1.54, 1.807) is 19.2 Å². The molecule has 1 fully saturated rings. The lowest BCUT2D eigenvalue weighted by Crippen LogP contribution is -2.34. The molecule has 0 saturated carbocycles. The van der Waals surface area contributed by atoms with Crippen LogP contribution in [-0.4, -0.2) is 34.3 Å². The summed E-state index contributed by atoms with van der Waals surface area (Å²) >= 11 is 0. The van der Waals surface area contributed by atoms with Crippen molar-refractivity contribution in [1.82, 2.24) is 9.88 Å². The highest BCUT2D eigenvalue weighted by atomic mass is 16.2. The minimum absolute atomic E-state index is 0.110. The van der Waals surface area contributed by atoms with Gasteiger partial charge in [-0.3, -0.25) is 19.5 Å². The predicted molar refractivity (Wildman–Crippen MR) is 63.4 cm³/mol. The molecule has 2 heterocycles. The number of rotatable bonds is 3. The van der Waals surface area contributed by atoms with Gasteiger partial charge in [-0.05, 0) is 26.0 Å². The van der Waals surface area contributed by atoms with Crippen molar-refractivity contribution in [2.45, 2.75) is 26.3 Å². The van der Waals surface area contributed by atoms with Crippen molar-refractivity contribution in [2.24, 2.45) is 0 Å². The van der Waals surface area contributed by atoms with Crippen LogP contribution in [0.3, 0.4) is 0 Å². The van der Waals surface area contributed by atoms with Crippen molar-refractivity contribution in [2.75, 3.05) is 11.9 Å². The number of hydrogen-bond acceptors (Lipinski definition) is 4. The number of pyridine rings is 1. The summed E-state index contributed by atoms with van der Waals surface area (Å²) in [4.78, 5) is 28.8. The van der Waals surface area contributed by atoms with Crippen molar-refractivity contribution in [3.8, 4) is 0 Å². The van der Waals surface area contributed by atoms with Gasteiger partial charge in [0.05, 0.1) is 6.42 Å². The van der Waals surface area contributed by atoms with Gasteiger partial charge in [-0.1, -0.05) is 0 Å². The Hall–Kier alpha value is -1.91. The van der Waals surface area contributed by atoms with Crippen LogP contribution in [0.1, 0.15) is 19.0 Å². The third kappa shape index (κ3) is 2.27. The largest absolute Gasteiger partial charge is 0.373 e. The Morgan fingerprint density at radius 3 is 2.88 bits per heavy atom. The van der Waals surface area contributed by atoms with E-state index in [-0.39, 0.29) is 18.2 Å². The Bertz CT molecular complexity index is 459. The van der Waals surface area contributed by atoms with E-state index in [0.29, 0.717) is 6.54 Å². The average Bonchev–Trinajstić information content (AvgIpc) is 2.54. The molecule has 1 aliphatic rings. The van der Waals surface area contributed by atoms with Gasteiger partial charge < -0.3 is 5.32 Å². The maximum atomic E-state index is 11.9. The number of amides is 2. The molecule has 90 valence electrons. The predicted octanol–water partition coefficient (Wildman–Crippen LogP) is 0.949. The topological polar surface area (TPSA) is 62.3 Å². The number of anilines is 1. The molecule has 0 spiro atoms. The third-order valence-corrected chi connectivity index (χ3v) is 2.80. The van der Waals surface area contributed by atoms with Gasteiger partial charge in [0.15, 0.2) is 0 Å². The van der Waals surface area contributed by atoms with E-state index in [1.165, 1.54) is 4.90 Å². The minimum atomic E-state index is -0.441. The second kappa shape index (κ2) is 4.53. The van der Waals surface area contributed by atoms with Crippen molar-refractivity contribution in [3.05, 3.63) is 24.0 Å². The number of aromatic nitrogens is 1. The molecule has 2 rings (SSSR count). The molecule has 1 aromatic heterocycles. The molecule has 2 amide bonds. The molecule has 0 aliphatic carbocycles. The molecule has 0 aromatic carbocycles. The van der Waals surface area contributed by atoms with E-state index in [1.807, 2.05) is 13.0 Å². The van der Waals surface area contributed by atoms with Gasteiger partial charge in [-0.15, -0.1) is 0 Å². The van der Waals surface area contributed by atoms with Crippen LogP contribution in [0.2, 0.25) is 0 Å². The molecular weight excluding hydrogens is 218 g/mol. The van der Waals surface area contributed by atoms with E-state index in [0.717, 1.165) is 11.4 Å². The van der Waals surface area contributed by atoms with E-state index in [9.17, 15) is 9.59 Å². The Balaban J connectivity index is 2.11. The number of carbonyl (C=O) groups is 2. The molecule has 17 heavy (non-hydrogen) atoms. The van der Waals surface area contributed by atoms with Crippen LogP contribution < -0.4 is 5.32 Å². The van der Waals surface area contributed by atoms with Gasteiger partial charge in [-0.2, -0.15) is 0 Å². The first kappa shape index (κ1) is 11.6. The van der Waals surface area contributed by atoms with Crippen LogP contribution in [0.4, 0.5) is 5.69 Å². The summed E-state index contributed by atoms with van der Waals surface area (Å²) in [7, 11) is 0. The number of likely N-dealkylation sites (tertiary alicyclic amines) is 1. The number of nitrogens with zero attached hydrogens (tertiary/aromatic N) is 2. The summed E-state index contributed by atoms with van der Waals surface area (Å²) in [5.41, 5.74) is 1.70. The van der Waals surface area contributed by atoms with E-state index >= 15 is 0 Å². The van der Waals surface area contributed by atoms with Gasteiger partial charge >= 0.3 is 0 Å². The number of hydrogen-bond donors (Lipinski definition) is 1. The fourth-order valence-electron chi connectivity index (χ4n) is 1.96. The highest BCUT2D eigenvalue weighted by molar-refractivity contribution is 6.06. The average molecular weight is 233 g/mol. The SMILES string of the molecule is CCN1C(=O)CC(Nc2ccnc(C)c2)C1=O. The van der Waals surface area contributed by atoms with Gasteiger partial charge in [0.1, 0.15) is 6.04 Å². The highest BCUT2D eigenvalue weighted by Crippen LogP contribution is 2.18. The van der Waals surface area contributed by atoms with Gasteiger partial charge in [-0.25, -0.2) is 0 Å². The molecule has 1 unspecified atom stereocenters. The first-order valence-electron chi connectivity index (χ1n) is 5.65. The van der Waals surface area contributed by atoms with Gasteiger partial charge in [0, 0.05) is 24.1 Å². The first-order chi connectivity index (χ1) is 8.11. The van der Waals surface area contributed by atoms with E-state index in [2.05, 4.69) is 10.3 Å². The standard InChI is InChI=1S/C12H15N3O2/c1-3-15-11(16)7-10(12(15)17)14-9-4-5-13-8(2)6-9/h4-6,10H,3,7H2,1-2H3,(H,13,14). The maximum absolute atomic E-state index is 11.9. The molecule has 0 radical (unpaired) electrons. The zero-order valence-corrected chi connectivity index (χ0v) is 9.93. The Morgan fingerprint density at radius 2 is 2.29 bits per heavy atom. The molecular formula is C12H15N3O2. The van der Waals surface area contributed by atoms with Crippen molar-refractivity contribution >= 4 is 17.5 Å². The summed E-state index contributed by atoms with van der Waals surface area (Å²) in [5, 5.41) is 3.07. The van der Waals surface area contributed by atoms with Crippen LogP contribution >= 0.6 is 0 Å². The van der Waals surface area contributed by atoms with E-state index in [4.69, 9.17) is 0 Å². The van der Waals surface area contributed by atoms with E-state index < -0.39 is 6.04 Å². The van der Waals surface area contributed by atoms with Crippen LogP contribution in [-0.2, 0) is 9.59 Å². The summed E-state index contributed by atoms with van der Waals surface area (Å²) < 4.78 is 0. The van der Waals surface area contributed by atoms with Crippen LogP contribution in [0.15, 0.2) is 18.3 Å². The van der Waals surface area contributed by atoms with Gasteiger partial charge in [0.25, 0.3) is 5.91 Å². The van der Waals surface area contributed by atoms with Crippen molar-refractivity contribution in [3.63, 3.8) is 0 Å². The molecule has 1 saturated heterocycles. The second-order valence-electron chi connectivity index (χ2n) is 4.06. The highest BCUT2D eigenvalue weighted by Gasteiger charge is 2.37. The minimum Gasteiger partial charge on any atom is -0.373 e. The molecule has 1 N–H and O–H groups in total. The zero-order valence-electron chi connectivity index (χ0n) is 9.93. The third-order valence-electron chi connectivity index (χ3n) is 2.80.